The number of rotatable bonds is 3. The lowest BCUT2D eigenvalue weighted by Crippen LogP contribution is -2.44. The second-order valence-electron chi connectivity index (χ2n) is 5.23. The van der Waals surface area contributed by atoms with E-state index in [0.29, 0.717) is 5.69 Å². The molecule has 0 saturated carbocycles. The Balaban J connectivity index is 2.09. The van der Waals surface area contributed by atoms with Crippen molar-refractivity contribution in [1.82, 2.24) is 5.32 Å². The van der Waals surface area contributed by atoms with Crippen molar-refractivity contribution >= 4 is 27.3 Å². The zero-order valence-corrected chi connectivity index (χ0v) is 12.7. The van der Waals surface area contributed by atoms with Gasteiger partial charge in [-0.25, -0.2) is 13.6 Å². The number of nitrogens with two attached hydrogens (primary N) is 2. The molecule has 1 aliphatic rings. The Hall–Kier alpha value is -1.80. The summed E-state index contributed by atoms with van der Waals surface area (Å²) in [4.78, 5) is 13.1. The Morgan fingerprint density at radius 3 is 2.43 bits per heavy atom. The first-order valence-electron chi connectivity index (χ1n) is 6.72. The van der Waals surface area contributed by atoms with Crippen LogP contribution in [-0.2, 0) is 14.8 Å². The summed E-state index contributed by atoms with van der Waals surface area (Å²) in [6.45, 7) is 3.02. The van der Waals surface area contributed by atoms with Crippen LogP contribution in [0, 0.1) is 0 Å². The third-order valence-corrected chi connectivity index (χ3v) is 4.48. The summed E-state index contributed by atoms with van der Waals surface area (Å²) < 4.78 is 22.6. The SMILES string of the molecule is CC(=O)NC1CCN(c2ccc(S(N)(=O)=O)cc2N)CC1. The summed E-state index contributed by atoms with van der Waals surface area (Å²) in [5.41, 5.74) is 7.12. The maximum absolute atomic E-state index is 11.3. The Labute approximate surface area is 124 Å². The van der Waals surface area contributed by atoms with E-state index < -0.39 is 10.0 Å². The molecule has 0 aromatic heterocycles. The van der Waals surface area contributed by atoms with Gasteiger partial charge in [-0.05, 0) is 31.0 Å². The maximum Gasteiger partial charge on any atom is 0.238 e. The molecule has 1 aromatic carbocycles. The monoisotopic (exact) mass is 312 g/mol. The summed E-state index contributed by atoms with van der Waals surface area (Å²) in [5.74, 6) is -0.0227. The molecule has 5 N–H and O–H groups in total. The minimum atomic E-state index is -3.74. The Morgan fingerprint density at radius 1 is 1.33 bits per heavy atom. The number of nitrogens with one attached hydrogen (secondary N) is 1. The number of sulfonamides is 1. The normalized spacial score (nSPS) is 16.8. The summed E-state index contributed by atoms with van der Waals surface area (Å²) >= 11 is 0. The summed E-state index contributed by atoms with van der Waals surface area (Å²) in [6.07, 6.45) is 1.66. The van der Waals surface area contributed by atoms with Gasteiger partial charge in [0.25, 0.3) is 0 Å². The largest absolute Gasteiger partial charge is 0.397 e. The van der Waals surface area contributed by atoms with Crippen LogP contribution in [0.25, 0.3) is 0 Å². The number of carbonyl (C=O) groups excluding carboxylic acids is 1. The molecule has 1 aliphatic heterocycles. The Bertz CT molecular complexity index is 637. The molecule has 1 amide bonds. The van der Waals surface area contributed by atoms with Gasteiger partial charge in [0.1, 0.15) is 0 Å². The number of hydrogen-bond donors (Lipinski definition) is 3. The van der Waals surface area contributed by atoms with Crippen molar-refractivity contribution in [1.29, 1.82) is 0 Å². The fourth-order valence-corrected chi connectivity index (χ4v) is 3.10. The van der Waals surface area contributed by atoms with Gasteiger partial charge in [-0.15, -0.1) is 0 Å². The van der Waals surface area contributed by atoms with Crippen molar-refractivity contribution in [3.8, 4) is 0 Å². The van der Waals surface area contributed by atoms with Crippen LogP contribution >= 0.6 is 0 Å². The standard InChI is InChI=1S/C13H20N4O3S/c1-9(18)16-10-4-6-17(7-5-10)13-3-2-11(8-12(13)14)21(15,19)20/h2-3,8,10H,4-7,14H2,1H3,(H,16,18)(H2,15,19,20). The van der Waals surface area contributed by atoms with Crippen molar-refractivity contribution in [3.05, 3.63) is 18.2 Å². The molecule has 2 rings (SSSR count). The van der Waals surface area contributed by atoms with Crippen LogP contribution in [0.5, 0.6) is 0 Å². The van der Waals surface area contributed by atoms with Crippen LogP contribution in [0.2, 0.25) is 0 Å². The van der Waals surface area contributed by atoms with Crippen LogP contribution < -0.4 is 21.1 Å². The molecule has 0 spiro atoms. The molecular weight excluding hydrogens is 292 g/mol. The summed E-state index contributed by atoms with van der Waals surface area (Å²) in [6, 6.07) is 4.70. The van der Waals surface area contributed by atoms with Crippen molar-refractivity contribution in [3.63, 3.8) is 0 Å². The molecule has 21 heavy (non-hydrogen) atoms. The number of anilines is 2. The van der Waals surface area contributed by atoms with E-state index >= 15 is 0 Å². The van der Waals surface area contributed by atoms with E-state index in [-0.39, 0.29) is 16.8 Å². The highest BCUT2D eigenvalue weighted by molar-refractivity contribution is 7.89. The number of hydrogen-bond acceptors (Lipinski definition) is 5. The number of nitrogens with zero attached hydrogens (tertiary/aromatic N) is 1. The number of benzene rings is 1. The third kappa shape index (κ3) is 3.85. The van der Waals surface area contributed by atoms with E-state index in [9.17, 15) is 13.2 Å². The van der Waals surface area contributed by atoms with E-state index in [1.54, 1.807) is 6.07 Å². The molecule has 0 aliphatic carbocycles. The lowest BCUT2D eigenvalue weighted by molar-refractivity contribution is -0.119. The molecule has 1 aromatic rings. The number of amides is 1. The minimum Gasteiger partial charge on any atom is -0.397 e. The average Bonchev–Trinajstić information content (AvgIpc) is 2.38. The highest BCUT2D eigenvalue weighted by Gasteiger charge is 2.21. The van der Waals surface area contributed by atoms with E-state index in [1.807, 2.05) is 0 Å². The maximum atomic E-state index is 11.3. The zero-order valence-electron chi connectivity index (χ0n) is 11.9. The van der Waals surface area contributed by atoms with Gasteiger partial charge >= 0.3 is 0 Å². The lowest BCUT2D eigenvalue weighted by atomic mass is 10.0. The highest BCUT2D eigenvalue weighted by Crippen LogP contribution is 2.28. The molecule has 0 unspecified atom stereocenters. The molecule has 0 radical (unpaired) electrons. The fourth-order valence-electron chi connectivity index (χ4n) is 2.55. The van der Waals surface area contributed by atoms with Crippen LogP contribution in [0.4, 0.5) is 11.4 Å². The van der Waals surface area contributed by atoms with Crippen molar-refractivity contribution in [2.75, 3.05) is 23.7 Å². The minimum absolute atomic E-state index is 0.0110. The summed E-state index contributed by atoms with van der Waals surface area (Å²) in [5, 5.41) is 7.99. The molecular formula is C13H20N4O3S. The van der Waals surface area contributed by atoms with Crippen molar-refractivity contribution < 1.29 is 13.2 Å². The average molecular weight is 312 g/mol. The van der Waals surface area contributed by atoms with Gasteiger partial charge in [-0.2, -0.15) is 0 Å². The molecule has 1 saturated heterocycles. The first-order chi connectivity index (χ1) is 9.77. The molecule has 7 nitrogen and oxygen atoms in total. The van der Waals surface area contributed by atoms with Crippen molar-refractivity contribution in [2.24, 2.45) is 5.14 Å². The van der Waals surface area contributed by atoms with Gasteiger partial charge in [-0.1, -0.05) is 0 Å². The number of nitrogen functional groups attached to an aromatic ring is 1. The topological polar surface area (TPSA) is 119 Å². The van der Waals surface area contributed by atoms with E-state index in [1.165, 1.54) is 19.1 Å². The van der Waals surface area contributed by atoms with E-state index in [0.717, 1.165) is 31.6 Å². The number of primary sulfonamides is 1. The second-order valence-corrected chi connectivity index (χ2v) is 6.79. The van der Waals surface area contributed by atoms with Crippen molar-refractivity contribution in [2.45, 2.75) is 30.7 Å². The first-order valence-corrected chi connectivity index (χ1v) is 8.26. The first kappa shape index (κ1) is 15.6. The Kier molecular flexibility index (Phi) is 4.38. The Morgan fingerprint density at radius 2 is 1.95 bits per heavy atom. The summed E-state index contributed by atoms with van der Waals surface area (Å²) in [7, 11) is -3.74. The van der Waals surface area contributed by atoms with Gasteiger partial charge in [-0.3, -0.25) is 4.79 Å². The van der Waals surface area contributed by atoms with Crippen LogP contribution in [-0.4, -0.2) is 33.5 Å². The van der Waals surface area contributed by atoms with Gasteiger partial charge in [0.15, 0.2) is 0 Å². The highest BCUT2D eigenvalue weighted by atomic mass is 32.2. The number of carbonyl (C=O) groups is 1. The van der Waals surface area contributed by atoms with Gasteiger partial charge in [0.2, 0.25) is 15.9 Å². The van der Waals surface area contributed by atoms with Gasteiger partial charge in [0.05, 0.1) is 16.3 Å². The van der Waals surface area contributed by atoms with Crippen LogP contribution in [0.1, 0.15) is 19.8 Å². The molecule has 116 valence electrons. The van der Waals surface area contributed by atoms with E-state index in [2.05, 4.69) is 10.2 Å². The second kappa shape index (κ2) is 5.90. The van der Waals surface area contributed by atoms with Crippen LogP contribution in [0.15, 0.2) is 23.1 Å². The quantitative estimate of drug-likeness (QED) is 0.680. The fraction of sp³-hybridized carbons (Fsp3) is 0.462. The third-order valence-electron chi connectivity index (χ3n) is 3.57. The number of piperidine rings is 1. The lowest BCUT2D eigenvalue weighted by Gasteiger charge is -2.34. The van der Waals surface area contributed by atoms with Gasteiger partial charge < -0.3 is 16.0 Å². The predicted octanol–water partition coefficient (Wildman–Crippen LogP) is 0.0211. The van der Waals surface area contributed by atoms with Crippen LogP contribution in [0.3, 0.4) is 0 Å². The van der Waals surface area contributed by atoms with Gasteiger partial charge in [0, 0.05) is 26.1 Å². The molecule has 1 heterocycles. The molecule has 0 atom stereocenters. The smallest absolute Gasteiger partial charge is 0.238 e. The zero-order chi connectivity index (χ0) is 15.6. The predicted molar refractivity (Wildman–Crippen MR) is 81.3 cm³/mol. The molecule has 8 heteroatoms. The molecule has 0 bridgehead atoms. The van der Waals surface area contributed by atoms with E-state index in [4.69, 9.17) is 10.9 Å². The molecule has 1 fully saturated rings.